The summed E-state index contributed by atoms with van der Waals surface area (Å²) >= 11 is 0. The number of ether oxygens (including phenoxy) is 2. The van der Waals surface area contributed by atoms with Gasteiger partial charge in [0.1, 0.15) is 6.04 Å². The number of nitrogen functional groups attached to an aromatic ring is 1. The lowest BCUT2D eigenvalue weighted by molar-refractivity contribution is -0.142. The lowest BCUT2D eigenvalue weighted by Gasteiger charge is -2.24. The van der Waals surface area contributed by atoms with Crippen molar-refractivity contribution in [1.29, 1.82) is 0 Å². The molecular formula is C22H26FN6O6P. The third-order valence-corrected chi connectivity index (χ3v) is 7.16. The van der Waals surface area contributed by atoms with E-state index in [4.69, 9.17) is 19.5 Å². The van der Waals surface area contributed by atoms with Crippen molar-refractivity contribution in [3.05, 3.63) is 48.6 Å². The number of benzene rings is 1. The summed E-state index contributed by atoms with van der Waals surface area (Å²) in [5.74, 6) is -1.53. The molecule has 0 saturated carbocycles. The summed E-state index contributed by atoms with van der Waals surface area (Å²) in [7, 11) is -1.51. The molecule has 1 aliphatic carbocycles. The van der Waals surface area contributed by atoms with Gasteiger partial charge in [-0.25, -0.2) is 13.9 Å². The molecule has 0 bridgehead atoms. The molecule has 0 aliphatic heterocycles. The van der Waals surface area contributed by atoms with Crippen LogP contribution in [0.3, 0.4) is 0 Å². The Balaban J connectivity index is 1.48. The summed E-state index contributed by atoms with van der Waals surface area (Å²) in [6, 6.07) is 4.29. The lowest BCUT2D eigenvalue weighted by Crippen LogP contribution is -2.35. The number of allylic oxidation sites excluding steroid dienone is 1. The zero-order valence-electron chi connectivity index (χ0n) is 19.8. The molecule has 36 heavy (non-hydrogen) atoms. The van der Waals surface area contributed by atoms with Gasteiger partial charge in [-0.1, -0.05) is 24.3 Å². The molecule has 0 fully saturated rings. The average Bonchev–Trinajstić information content (AvgIpc) is 3.50. The van der Waals surface area contributed by atoms with E-state index in [-0.39, 0.29) is 36.1 Å². The first-order chi connectivity index (χ1) is 17.2. The van der Waals surface area contributed by atoms with Gasteiger partial charge in [-0.3, -0.25) is 9.32 Å². The van der Waals surface area contributed by atoms with Crippen LogP contribution in [0.1, 0.15) is 19.4 Å². The van der Waals surface area contributed by atoms with Gasteiger partial charge in [0.25, 0.3) is 0 Å². The molecule has 3 N–H and O–H groups in total. The topological polar surface area (TPSA) is 153 Å². The van der Waals surface area contributed by atoms with Gasteiger partial charge in [0, 0.05) is 5.92 Å². The van der Waals surface area contributed by atoms with Crippen LogP contribution in [-0.2, 0) is 18.6 Å². The molecule has 4 rings (SSSR count). The van der Waals surface area contributed by atoms with Crippen LogP contribution in [0.4, 0.5) is 10.3 Å². The van der Waals surface area contributed by atoms with Gasteiger partial charge in [-0.15, -0.1) is 0 Å². The van der Waals surface area contributed by atoms with Gasteiger partial charge in [-0.2, -0.15) is 15.1 Å². The van der Waals surface area contributed by atoms with E-state index in [9.17, 15) is 13.8 Å². The van der Waals surface area contributed by atoms with Crippen molar-refractivity contribution < 1.29 is 32.3 Å². The second-order valence-corrected chi connectivity index (χ2v) is 9.75. The van der Waals surface area contributed by atoms with Crippen LogP contribution < -0.4 is 20.1 Å². The molecule has 0 amide bonds. The number of anilines is 1. The van der Waals surface area contributed by atoms with Gasteiger partial charge < -0.3 is 24.3 Å². The van der Waals surface area contributed by atoms with Gasteiger partial charge in [-0.05, 0) is 25.5 Å². The van der Waals surface area contributed by atoms with Crippen LogP contribution >= 0.6 is 7.75 Å². The first-order valence-corrected chi connectivity index (χ1v) is 12.5. The standard InChI is InChI=1S/C22H26FN6O6P/c1-13(21(30)33-3)28-36(31,35-17-7-5-4-6-16(17)23)34-11-14-8-9-15(10-14)29-12-25-18-19(29)26-22(24)27-20(18)32-2/h4-9,12-15H,10-11H2,1-3H3,(H,28,31)(H2,24,26,27)/t13-,14+,15-,36?/m0/s1. The number of nitrogens with one attached hydrogen (secondary N) is 1. The number of hydrogen-bond acceptors (Lipinski definition) is 10. The molecular weight excluding hydrogens is 494 g/mol. The quantitative estimate of drug-likeness (QED) is 0.230. The number of carbonyl (C=O) groups is 1. The number of para-hydroxylation sites is 1. The van der Waals surface area contributed by atoms with Crippen LogP contribution in [0.5, 0.6) is 11.6 Å². The van der Waals surface area contributed by atoms with Crippen molar-refractivity contribution >= 4 is 30.8 Å². The number of fused-ring (bicyclic) bond motifs is 1. The fraction of sp³-hybridized carbons (Fsp3) is 0.364. The molecule has 0 spiro atoms. The minimum absolute atomic E-state index is 0.0350. The lowest BCUT2D eigenvalue weighted by atomic mass is 10.1. The summed E-state index contributed by atoms with van der Waals surface area (Å²) in [5.41, 5.74) is 6.79. The van der Waals surface area contributed by atoms with Gasteiger partial charge >= 0.3 is 13.7 Å². The Morgan fingerprint density at radius 2 is 2.08 bits per heavy atom. The Bertz CT molecular complexity index is 1330. The number of esters is 1. The Morgan fingerprint density at radius 1 is 1.31 bits per heavy atom. The van der Waals surface area contributed by atoms with Crippen LogP contribution in [-0.4, -0.2) is 52.4 Å². The number of carbonyl (C=O) groups excluding carboxylic acids is 1. The molecule has 12 nitrogen and oxygen atoms in total. The second kappa shape index (κ2) is 10.6. The summed E-state index contributed by atoms with van der Waals surface area (Å²) < 4.78 is 50.5. The number of halogens is 1. The van der Waals surface area contributed by atoms with Gasteiger partial charge in [0.2, 0.25) is 11.8 Å². The molecule has 1 unspecified atom stereocenters. The van der Waals surface area contributed by atoms with Crippen LogP contribution in [0, 0.1) is 11.7 Å². The zero-order chi connectivity index (χ0) is 25.9. The number of aromatic nitrogens is 4. The minimum atomic E-state index is -4.18. The molecule has 2 heterocycles. The smallest absolute Gasteiger partial charge is 0.459 e. The van der Waals surface area contributed by atoms with Crippen LogP contribution in [0.25, 0.3) is 11.2 Å². The van der Waals surface area contributed by atoms with Crippen molar-refractivity contribution in [1.82, 2.24) is 24.6 Å². The number of methoxy groups -OCH3 is 2. The van der Waals surface area contributed by atoms with Crippen LogP contribution in [0.2, 0.25) is 0 Å². The molecule has 1 aliphatic rings. The second-order valence-electron chi connectivity index (χ2n) is 8.05. The number of rotatable bonds is 10. The number of nitrogens with two attached hydrogens (primary N) is 1. The molecule has 14 heteroatoms. The predicted octanol–water partition coefficient (Wildman–Crippen LogP) is 3.03. The number of imidazole rings is 1. The zero-order valence-corrected chi connectivity index (χ0v) is 20.7. The first kappa shape index (κ1) is 25.5. The molecule has 3 aromatic rings. The Labute approximate surface area is 206 Å². The summed E-state index contributed by atoms with van der Waals surface area (Å²) in [6.07, 6.45) is 6.01. The van der Waals surface area contributed by atoms with Crippen molar-refractivity contribution in [2.45, 2.75) is 25.4 Å². The monoisotopic (exact) mass is 520 g/mol. The van der Waals surface area contributed by atoms with Crippen molar-refractivity contribution in [3.63, 3.8) is 0 Å². The molecule has 0 saturated heterocycles. The van der Waals surface area contributed by atoms with E-state index in [0.717, 1.165) is 6.07 Å². The van der Waals surface area contributed by atoms with E-state index in [2.05, 4.69) is 24.8 Å². The SMILES string of the molecule is COC(=O)[C@H](C)NP(=O)(OC[C@@H]1C=C[C@H](n2cnc3c(OC)nc(N)nc32)C1)Oc1ccccc1F. The highest BCUT2D eigenvalue weighted by atomic mass is 31.2. The third-order valence-electron chi connectivity index (χ3n) is 5.53. The summed E-state index contributed by atoms with van der Waals surface area (Å²) in [6.45, 7) is 1.40. The molecule has 4 atom stereocenters. The van der Waals surface area contributed by atoms with E-state index in [1.807, 2.05) is 16.7 Å². The Kier molecular flexibility index (Phi) is 7.53. The fourth-order valence-electron chi connectivity index (χ4n) is 3.77. The molecule has 0 radical (unpaired) electrons. The maximum absolute atomic E-state index is 14.2. The average molecular weight is 520 g/mol. The van der Waals surface area contributed by atoms with E-state index < -0.39 is 25.6 Å². The number of nitrogens with zero attached hydrogens (tertiary/aromatic N) is 4. The number of hydrogen-bond donors (Lipinski definition) is 2. The molecule has 2 aromatic heterocycles. The molecule has 1 aromatic carbocycles. The van der Waals surface area contributed by atoms with Crippen LogP contribution in [0.15, 0.2) is 42.7 Å². The van der Waals surface area contributed by atoms with Gasteiger partial charge in [0.15, 0.2) is 22.7 Å². The van der Waals surface area contributed by atoms with E-state index in [0.29, 0.717) is 17.6 Å². The normalized spacial score (nSPS) is 19.7. The van der Waals surface area contributed by atoms with E-state index in [1.54, 1.807) is 6.33 Å². The third kappa shape index (κ3) is 5.48. The Hall–Kier alpha value is -3.54. The highest BCUT2D eigenvalue weighted by Crippen LogP contribution is 2.47. The Morgan fingerprint density at radius 3 is 2.81 bits per heavy atom. The van der Waals surface area contributed by atoms with E-state index in [1.165, 1.54) is 39.3 Å². The molecule has 192 valence electrons. The highest BCUT2D eigenvalue weighted by molar-refractivity contribution is 7.52. The predicted molar refractivity (Wildman–Crippen MR) is 128 cm³/mol. The fourth-order valence-corrected chi connectivity index (χ4v) is 5.33. The van der Waals surface area contributed by atoms with E-state index >= 15 is 0 Å². The maximum Gasteiger partial charge on any atom is 0.459 e. The van der Waals surface area contributed by atoms with Crippen molar-refractivity contribution in [2.24, 2.45) is 5.92 Å². The minimum Gasteiger partial charge on any atom is -0.479 e. The first-order valence-electron chi connectivity index (χ1n) is 11.0. The largest absolute Gasteiger partial charge is 0.479 e. The van der Waals surface area contributed by atoms with Gasteiger partial charge in [0.05, 0.1) is 33.2 Å². The maximum atomic E-state index is 14.2. The highest BCUT2D eigenvalue weighted by Gasteiger charge is 2.34. The summed E-state index contributed by atoms with van der Waals surface area (Å²) in [4.78, 5) is 24.5. The van der Waals surface area contributed by atoms with Crippen molar-refractivity contribution in [3.8, 4) is 11.6 Å². The summed E-state index contributed by atoms with van der Waals surface area (Å²) in [5, 5.41) is 2.51. The van der Waals surface area contributed by atoms with Crippen molar-refractivity contribution in [2.75, 3.05) is 26.6 Å².